The standard InChI is InChI=1S/C22H22N6O4/c1-28-14-24-22(27-28)32-11-5-10-31-16-7-4-6-15(12-16)13-23-21(30)19-25-18-9-3-2-8-17(18)20(29)26-19/h2-4,6-9,12,14H,5,10-11,13H2,1H3,(H,23,30)(H,25,26,29). The predicted molar refractivity (Wildman–Crippen MR) is 117 cm³/mol. The Kier molecular flexibility index (Phi) is 6.40. The molecule has 2 heterocycles. The minimum absolute atomic E-state index is 0.0245. The molecule has 0 saturated heterocycles. The van der Waals surface area contributed by atoms with Crippen LogP contribution in [0.5, 0.6) is 11.8 Å². The number of carbonyl (C=O) groups is 1. The highest BCUT2D eigenvalue weighted by Gasteiger charge is 2.11. The number of ether oxygens (including phenoxy) is 2. The lowest BCUT2D eigenvalue weighted by Crippen LogP contribution is -2.27. The topological polar surface area (TPSA) is 124 Å². The molecular formula is C22H22N6O4. The van der Waals surface area contributed by atoms with Gasteiger partial charge in [0.2, 0.25) is 0 Å². The highest BCUT2D eigenvalue weighted by Crippen LogP contribution is 2.14. The Labute approximate surface area is 183 Å². The van der Waals surface area contributed by atoms with Crippen molar-refractivity contribution in [1.82, 2.24) is 30.0 Å². The summed E-state index contributed by atoms with van der Waals surface area (Å²) >= 11 is 0. The van der Waals surface area contributed by atoms with E-state index in [9.17, 15) is 9.59 Å². The first-order valence-electron chi connectivity index (χ1n) is 10.1. The molecule has 4 rings (SSSR count). The highest BCUT2D eigenvalue weighted by atomic mass is 16.5. The SMILES string of the molecule is Cn1cnc(OCCCOc2cccc(CNC(=O)c3nc4ccccc4c(=O)[nH]3)c2)n1. The molecule has 0 aliphatic carbocycles. The smallest absolute Gasteiger partial charge is 0.335 e. The Morgan fingerprint density at radius 2 is 1.97 bits per heavy atom. The van der Waals surface area contributed by atoms with E-state index < -0.39 is 5.91 Å². The molecule has 0 radical (unpaired) electrons. The number of nitrogens with zero attached hydrogens (tertiary/aromatic N) is 4. The van der Waals surface area contributed by atoms with Gasteiger partial charge in [-0.05, 0) is 29.8 Å². The maximum Gasteiger partial charge on any atom is 0.335 e. The Hall–Kier alpha value is -4.21. The molecule has 0 aliphatic rings. The van der Waals surface area contributed by atoms with Gasteiger partial charge in [-0.2, -0.15) is 4.98 Å². The van der Waals surface area contributed by atoms with Crippen LogP contribution in [0.3, 0.4) is 0 Å². The fraction of sp³-hybridized carbons (Fsp3) is 0.227. The molecule has 2 N–H and O–H groups in total. The van der Waals surface area contributed by atoms with Crippen molar-refractivity contribution in [2.45, 2.75) is 13.0 Å². The second-order valence-electron chi connectivity index (χ2n) is 7.01. The molecular weight excluding hydrogens is 412 g/mol. The summed E-state index contributed by atoms with van der Waals surface area (Å²) in [4.78, 5) is 35.4. The molecule has 1 amide bonds. The van der Waals surface area contributed by atoms with Crippen LogP contribution in [-0.2, 0) is 13.6 Å². The maximum absolute atomic E-state index is 12.5. The summed E-state index contributed by atoms with van der Waals surface area (Å²) < 4.78 is 12.7. The molecule has 0 atom stereocenters. The Morgan fingerprint density at radius 1 is 1.12 bits per heavy atom. The number of aryl methyl sites for hydroxylation is 1. The van der Waals surface area contributed by atoms with Gasteiger partial charge in [-0.3, -0.25) is 14.3 Å². The monoisotopic (exact) mass is 434 g/mol. The quantitative estimate of drug-likeness (QED) is 0.385. The molecule has 0 unspecified atom stereocenters. The van der Waals surface area contributed by atoms with Gasteiger partial charge in [-0.15, -0.1) is 5.10 Å². The van der Waals surface area contributed by atoms with E-state index in [0.29, 0.717) is 42.3 Å². The Morgan fingerprint density at radius 3 is 2.81 bits per heavy atom. The molecule has 0 saturated carbocycles. The van der Waals surface area contributed by atoms with E-state index in [1.54, 1.807) is 42.3 Å². The molecule has 0 spiro atoms. The van der Waals surface area contributed by atoms with Crippen molar-refractivity contribution in [3.63, 3.8) is 0 Å². The molecule has 10 nitrogen and oxygen atoms in total. The summed E-state index contributed by atoms with van der Waals surface area (Å²) in [6.07, 6.45) is 2.24. The first-order chi connectivity index (χ1) is 15.6. The Bertz CT molecular complexity index is 1280. The number of aromatic nitrogens is 5. The maximum atomic E-state index is 12.5. The number of carbonyl (C=O) groups excluding carboxylic acids is 1. The van der Waals surface area contributed by atoms with Gasteiger partial charge < -0.3 is 19.8 Å². The number of rotatable bonds is 9. The van der Waals surface area contributed by atoms with Crippen LogP contribution in [0.15, 0.2) is 59.7 Å². The molecule has 32 heavy (non-hydrogen) atoms. The van der Waals surface area contributed by atoms with Crippen molar-refractivity contribution in [1.29, 1.82) is 0 Å². The number of para-hydroxylation sites is 1. The number of H-pyrrole nitrogens is 1. The van der Waals surface area contributed by atoms with Crippen LogP contribution < -0.4 is 20.3 Å². The van der Waals surface area contributed by atoms with Crippen LogP contribution in [0.25, 0.3) is 10.9 Å². The number of hydrogen-bond donors (Lipinski definition) is 2. The van der Waals surface area contributed by atoms with Gasteiger partial charge in [0.05, 0.1) is 24.1 Å². The summed E-state index contributed by atoms with van der Waals surface area (Å²) in [7, 11) is 1.77. The summed E-state index contributed by atoms with van der Waals surface area (Å²) in [6.45, 7) is 1.17. The molecule has 164 valence electrons. The molecule has 0 fully saturated rings. The lowest BCUT2D eigenvalue weighted by Gasteiger charge is -2.09. The van der Waals surface area contributed by atoms with Crippen molar-refractivity contribution < 1.29 is 14.3 Å². The summed E-state index contributed by atoms with van der Waals surface area (Å²) in [5.74, 6) is 0.202. The number of benzene rings is 2. The summed E-state index contributed by atoms with van der Waals surface area (Å²) in [5.41, 5.74) is 0.978. The van der Waals surface area contributed by atoms with E-state index in [1.807, 2.05) is 24.3 Å². The Balaban J connectivity index is 1.27. The van der Waals surface area contributed by atoms with Crippen LogP contribution in [0.1, 0.15) is 22.6 Å². The van der Waals surface area contributed by atoms with Crippen LogP contribution in [0.2, 0.25) is 0 Å². The molecule has 10 heteroatoms. The van der Waals surface area contributed by atoms with E-state index in [-0.39, 0.29) is 17.9 Å². The third-order valence-corrected chi connectivity index (χ3v) is 4.55. The second kappa shape index (κ2) is 9.73. The minimum atomic E-state index is -0.459. The van der Waals surface area contributed by atoms with Crippen LogP contribution >= 0.6 is 0 Å². The lowest BCUT2D eigenvalue weighted by molar-refractivity contribution is 0.0940. The molecule has 2 aromatic carbocycles. The van der Waals surface area contributed by atoms with E-state index in [4.69, 9.17) is 9.47 Å². The fourth-order valence-electron chi connectivity index (χ4n) is 3.00. The number of fused-ring (bicyclic) bond motifs is 1. The third kappa shape index (κ3) is 5.28. The largest absolute Gasteiger partial charge is 0.493 e. The minimum Gasteiger partial charge on any atom is -0.493 e. The van der Waals surface area contributed by atoms with Crippen molar-refractivity contribution in [2.24, 2.45) is 7.05 Å². The third-order valence-electron chi connectivity index (χ3n) is 4.55. The van der Waals surface area contributed by atoms with E-state index in [0.717, 1.165) is 5.56 Å². The predicted octanol–water partition coefficient (Wildman–Crippen LogP) is 1.83. The van der Waals surface area contributed by atoms with E-state index in [2.05, 4.69) is 25.4 Å². The normalized spacial score (nSPS) is 10.8. The number of aromatic amines is 1. The zero-order valence-electron chi connectivity index (χ0n) is 17.4. The average molecular weight is 434 g/mol. The van der Waals surface area contributed by atoms with Gasteiger partial charge in [0.15, 0.2) is 5.82 Å². The molecule has 0 aliphatic heterocycles. The van der Waals surface area contributed by atoms with Gasteiger partial charge >= 0.3 is 6.01 Å². The fourth-order valence-corrected chi connectivity index (χ4v) is 3.00. The zero-order chi connectivity index (χ0) is 22.3. The zero-order valence-corrected chi connectivity index (χ0v) is 17.4. The van der Waals surface area contributed by atoms with Crippen molar-refractivity contribution in [3.05, 3.63) is 76.6 Å². The second-order valence-corrected chi connectivity index (χ2v) is 7.01. The summed E-state index contributed by atoms with van der Waals surface area (Å²) in [5, 5.41) is 7.25. The molecule has 0 bridgehead atoms. The number of hydrogen-bond acceptors (Lipinski definition) is 7. The first kappa shape index (κ1) is 21.0. The molecule has 4 aromatic rings. The van der Waals surface area contributed by atoms with Gasteiger partial charge in [0.25, 0.3) is 11.5 Å². The van der Waals surface area contributed by atoms with Crippen LogP contribution in [-0.4, -0.2) is 43.9 Å². The van der Waals surface area contributed by atoms with Crippen molar-refractivity contribution in [2.75, 3.05) is 13.2 Å². The average Bonchev–Trinajstić information content (AvgIpc) is 3.22. The van der Waals surface area contributed by atoms with E-state index in [1.165, 1.54) is 0 Å². The van der Waals surface area contributed by atoms with Crippen molar-refractivity contribution in [3.8, 4) is 11.8 Å². The highest BCUT2D eigenvalue weighted by molar-refractivity contribution is 5.92. The van der Waals surface area contributed by atoms with Crippen LogP contribution in [0.4, 0.5) is 0 Å². The van der Waals surface area contributed by atoms with Gasteiger partial charge in [0, 0.05) is 20.0 Å². The lowest BCUT2D eigenvalue weighted by atomic mass is 10.2. The van der Waals surface area contributed by atoms with Gasteiger partial charge in [0.1, 0.15) is 12.1 Å². The van der Waals surface area contributed by atoms with Gasteiger partial charge in [-0.1, -0.05) is 24.3 Å². The van der Waals surface area contributed by atoms with Crippen molar-refractivity contribution >= 4 is 16.8 Å². The van der Waals surface area contributed by atoms with Crippen LogP contribution in [0, 0.1) is 0 Å². The van der Waals surface area contributed by atoms with Gasteiger partial charge in [-0.25, -0.2) is 4.98 Å². The first-order valence-corrected chi connectivity index (χ1v) is 10.1. The molecule has 2 aromatic heterocycles. The van der Waals surface area contributed by atoms with E-state index >= 15 is 0 Å². The number of nitrogens with one attached hydrogen (secondary N) is 2. The summed E-state index contributed by atoms with van der Waals surface area (Å²) in [6, 6.07) is 14.6. The number of amides is 1.